The van der Waals surface area contributed by atoms with Crippen molar-refractivity contribution in [2.75, 3.05) is 10.6 Å². The molecular weight excluding hydrogens is 362 g/mol. The molecule has 0 aliphatic heterocycles. The van der Waals surface area contributed by atoms with E-state index in [1.165, 1.54) is 26.2 Å². The van der Waals surface area contributed by atoms with E-state index in [0.29, 0.717) is 6.07 Å². The van der Waals surface area contributed by atoms with E-state index in [4.69, 9.17) is 0 Å². The Bertz CT molecular complexity index is 827. The van der Waals surface area contributed by atoms with Crippen LogP contribution in [0.4, 0.5) is 20.2 Å². The van der Waals surface area contributed by atoms with Gasteiger partial charge in [-0.25, -0.2) is 8.78 Å². The van der Waals surface area contributed by atoms with Gasteiger partial charge in [-0.1, -0.05) is 5.57 Å². The first-order valence-corrected chi connectivity index (χ1v) is 10.0. The van der Waals surface area contributed by atoms with Gasteiger partial charge >= 0.3 is 0 Å². The molecule has 0 heterocycles. The highest BCUT2D eigenvalue weighted by molar-refractivity contribution is 6.00. The molecule has 0 saturated heterocycles. The van der Waals surface area contributed by atoms with Crippen molar-refractivity contribution in [2.24, 2.45) is 23.2 Å². The number of hydrogen-bond donors (Lipinski definition) is 2. The molecule has 0 spiro atoms. The van der Waals surface area contributed by atoms with E-state index >= 15 is 0 Å². The Morgan fingerprint density at radius 1 is 0.929 bits per heavy atom. The van der Waals surface area contributed by atoms with Crippen LogP contribution in [-0.4, -0.2) is 11.8 Å². The Hall–Kier alpha value is -2.24. The van der Waals surface area contributed by atoms with Gasteiger partial charge in [0, 0.05) is 19.1 Å². The van der Waals surface area contributed by atoms with Crippen LogP contribution in [0.2, 0.25) is 0 Å². The molecule has 4 nitrogen and oxygen atoms in total. The number of amides is 2. The summed E-state index contributed by atoms with van der Waals surface area (Å²) in [4.78, 5) is 23.7. The molecule has 4 fully saturated rings. The first kappa shape index (κ1) is 19.1. The second kappa shape index (κ2) is 6.98. The molecule has 4 aliphatic rings. The largest absolute Gasteiger partial charge is 0.324 e. The predicted octanol–water partition coefficient (Wildman–Crippen LogP) is 5.02. The molecule has 6 heteroatoms. The number of hydrogen-bond acceptors (Lipinski definition) is 2. The molecule has 4 aliphatic carbocycles. The summed E-state index contributed by atoms with van der Waals surface area (Å²) in [5.74, 6) is -0.341. The summed E-state index contributed by atoms with van der Waals surface area (Å²) in [5.41, 5.74) is 0.860. The topological polar surface area (TPSA) is 58.2 Å². The smallest absolute Gasteiger partial charge is 0.248 e. The third kappa shape index (κ3) is 3.56. The number of benzene rings is 1. The molecule has 0 unspecified atom stereocenters. The van der Waals surface area contributed by atoms with Gasteiger partial charge in [0.1, 0.15) is 11.6 Å². The monoisotopic (exact) mass is 388 g/mol. The molecule has 1 aromatic carbocycles. The zero-order valence-electron chi connectivity index (χ0n) is 16.3. The molecule has 28 heavy (non-hydrogen) atoms. The zero-order valence-corrected chi connectivity index (χ0v) is 16.3. The Labute approximate surface area is 163 Å². The second-order valence-electron chi connectivity index (χ2n) is 9.01. The summed E-state index contributed by atoms with van der Waals surface area (Å²) < 4.78 is 27.9. The lowest BCUT2D eigenvalue weighted by molar-refractivity contribution is -0.114. The Kier molecular flexibility index (Phi) is 4.76. The van der Waals surface area contributed by atoms with Gasteiger partial charge in [0.05, 0.1) is 11.4 Å². The van der Waals surface area contributed by atoms with Gasteiger partial charge in [-0.2, -0.15) is 0 Å². The molecular formula is C22H26F2N2O2. The molecule has 0 aromatic heterocycles. The standard InChI is InChI=1S/C22H26F2N2O2/c1-12(22-9-14-4-15(10-22)6-16(5-14)11-22)3-21(28)26-20-8-19(25-13(2)27)17(23)7-18(20)24/h3,7-8,14-16H,4-6,9-11H2,1-2H3,(H,25,27)(H,26,28)/b12-3+. The first-order valence-electron chi connectivity index (χ1n) is 10.0. The van der Waals surface area contributed by atoms with Crippen molar-refractivity contribution in [3.8, 4) is 0 Å². The highest BCUT2D eigenvalue weighted by Crippen LogP contribution is 2.62. The van der Waals surface area contributed by atoms with E-state index in [0.717, 1.165) is 48.7 Å². The van der Waals surface area contributed by atoms with Gasteiger partial charge < -0.3 is 10.6 Å². The molecule has 150 valence electrons. The minimum Gasteiger partial charge on any atom is -0.324 e. The highest BCUT2D eigenvalue weighted by atomic mass is 19.1. The van der Waals surface area contributed by atoms with Gasteiger partial charge in [0.2, 0.25) is 11.8 Å². The molecule has 2 amide bonds. The Morgan fingerprint density at radius 3 is 1.93 bits per heavy atom. The van der Waals surface area contributed by atoms with Crippen molar-refractivity contribution < 1.29 is 18.4 Å². The number of allylic oxidation sites excluding steroid dienone is 1. The van der Waals surface area contributed by atoms with E-state index in [2.05, 4.69) is 10.6 Å². The predicted molar refractivity (Wildman–Crippen MR) is 104 cm³/mol. The normalized spacial score (nSPS) is 31.0. The van der Waals surface area contributed by atoms with Gasteiger partial charge in [0.15, 0.2) is 0 Å². The van der Waals surface area contributed by atoms with Crippen LogP contribution in [0.3, 0.4) is 0 Å². The average Bonchev–Trinajstić information content (AvgIpc) is 2.57. The second-order valence-corrected chi connectivity index (χ2v) is 9.01. The minimum absolute atomic E-state index is 0.106. The average molecular weight is 388 g/mol. The lowest BCUT2D eigenvalue weighted by atomic mass is 9.48. The highest BCUT2D eigenvalue weighted by Gasteiger charge is 2.51. The fourth-order valence-corrected chi connectivity index (χ4v) is 6.04. The fraction of sp³-hybridized carbons (Fsp3) is 0.545. The van der Waals surface area contributed by atoms with Crippen LogP contribution < -0.4 is 10.6 Å². The Morgan fingerprint density at radius 2 is 1.43 bits per heavy atom. The van der Waals surface area contributed by atoms with Crippen LogP contribution in [0.1, 0.15) is 52.4 Å². The molecule has 0 atom stereocenters. The fourth-order valence-electron chi connectivity index (χ4n) is 6.04. The molecule has 0 radical (unpaired) electrons. The summed E-state index contributed by atoms with van der Waals surface area (Å²) in [6.07, 6.45) is 8.99. The molecule has 2 N–H and O–H groups in total. The Balaban J connectivity index is 1.52. The number of halogens is 2. The lowest BCUT2D eigenvalue weighted by Gasteiger charge is -2.57. The van der Waals surface area contributed by atoms with Crippen molar-refractivity contribution in [2.45, 2.75) is 52.4 Å². The number of rotatable bonds is 4. The molecule has 1 aromatic rings. The summed E-state index contributed by atoms with van der Waals surface area (Å²) in [6.45, 7) is 3.25. The molecule has 4 bridgehead atoms. The SMILES string of the molecule is CC(=O)Nc1cc(NC(=O)/C=C(\C)C23CC4CC(CC(C4)C2)C3)c(F)cc1F. The maximum Gasteiger partial charge on any atom is 0.248 e. The maximum atomic E-state index is 14.1. The molecule has 4 saturated carbocycles. The van der Waals surface area contributed by atoms with Crippen molar-refractivity contribution in [3.63, 3.8) is 0 Å². The summed E-state index contributed by atoms with van der Waals surface area (Å²) >= 11 is 0. The van der Waals surface area contributed by atoms with Crippen molar-refractivity contribution in [3.05, 3.63) is 35.4 Å². The van der Waals surface area contributed by atoms with Gasteiger partial charge in [-0.05, 0) is 74.7 Å². The van der Waals surface area contributed by atoms with Crippen LogP contribution in [0.25, 0.3) is 0 Å². The van der Waals surface area contributed by atoms with Crippen molar-refractivity contribution in [1.82, 2.24) is 0 Å². The van der Waals surface area contributed by atoms with Crippen LogP contribution in [0, 0.1) is 34.8 Å². The summed E-state index contributed by atoms with van der Waals surface area (Å²) in [5, 5.41) is 4.80. The van der Waals surface area contributed by atoms with Crippen LogP contribution in [0.15, 0.2) is 23.8 Å². The van der Waals surface area contributed by atoms with Gasteiger partial charge in [0.25, 0.3) is 0 Å². The third-order valence-electron chi connectivity index (χ3n) is 6.85. The van der Waals surface area contributed by atoms with Crippen molar-refractivity contribution in [1.29, 1.82) is 0 Å². The lowest BCUT2D eigenvalue weighted by Crippen LogP contribution is -2.46. The van der Waals surface area contributed by atoms with E-state index < -0.39 is 23.4 Å². The van der Waals surface area contributed by atoms with Crippen LogP contribution in [0.5, 0.6) is 0 Å². The maximum absolute atomic E-state index is 14.1. The van der Waals surface area contributed by atoms with Crippen molar-refractivity contribution >= 4 is 23.2 Å². The van der Waals surface area contributed by atoms with E-state index in [9.17, 15) is 18.4 Å². The summed E-state index contributed by atoms with van der Waals surface area (Å²) in [6, 6.07) is 1.77. The van der Waals surface area contributed by atoms with E-state index in [1.54, 1.807) is 6.08 Å². The van der Waals surface area contributed by atoms with Gasteiger partial charge in [-0.15, -0.1) is 0 Å². The van der Waals surface area contributed by atoms with Crippen LogP contribution in [-0.2, 0) is 9.59 Å². The van der Waals surface area contributed by atoms with Crippen LogP contribution >= 0.6 is 0 Å². The minimum atomic E-state index is -0.883. The third-order valence-corrected chi connectivity index (χ3v) is 6.85. The van der Waals surface area contributed by atoms with Gasteiger partial charge in [-0.3, -0.25) is 9.59 Å². The van der Waals surface area contributed by atoms with E-state index in [-0.39, 0.29) is 16.8 Å². The van der Waals surface area contributed by atoms with E-state index in [1.807, 2.05) is 6.92 Å². The zero-order chi connectivity index (χ0) is 20.1. The quantitative estimate of drug-likeness (QED) is 0.711. The number of nitrogens with one attached hydrogen (secondary N) is 2. The summed E-state index contributed by atoms with van der Waals surface area (Å²) in [7, 11) is 0. The number of carbonyl (C=O) groups excluding carboxylic acids is 2. The molecule has 5 rings (SSSR count). The number of anilines is 2. The first-order chi connectivity index (χ1) is 13.2. The number of carbonyl (C=O) groups is 2.